The Hall–Kier alpha value is -0.570. The minimum absolute atomic E-state index is 0.0949. The molecule has 0 radical (unpaired) electrons. The summed E-state index contributed by atoms with van der Waals surface area (Å²) in [5.41, 5.74) is 0.675. The van der Waals surface area contributed by atoms with Crippen LogP contribution in [0.2, 0.25) is 0 Å². The van der Waals surface area contributed by atoms with Gasteiger partial charge in [0.15, 0.2) is 0 Å². The summed E-state index contributed by atoms with van der Waals surface area (Å²) >= 11 is 0. The van der Waals surface area contributed by atoms with Crippen molar-refractivity contribution < 1.29 is 14.3 Å². The van der Waals surface area contributed by atoms with E-state index in [0.717, 1.165) is 30.1 Å². The minimum atomic E-state index is -0.0949. The van der Waals surface area contributed by atoms with Crippen molar-refractivity contribution in [2.24, 2.45) is 40.4 Å². The zero-order valence-electron chi connectivity index (χ0n) is 16.3. The first kappa shape index (κ1) is 16.6. The number of esters is 1. The molecule has 10 atom stereocenters. The highest BCUT2D eigenvalue weighted by Crippen LogP contribution is 2.69. The monoisotopic (exact) mass is 346 g/mol. The van der Waals surface area contributed by atoms with Crippen LogP contribution < -0.4 is 0 Å². The lowest BCUT2D eigenvalue weighted by Crippen LogP contribution is -2.57. The van der Waals surface area contributed by atoms with Gasteiger partial charge in [-0.2, -0.15) is 0 Å². The van der Waals surface area contributed by atoms with Gasteiger partial charge in [-0.15, -0.1) is 0 Å². The van der Waals surface area contributed by atoms with Crippen LogP contribution in [0.4, 0.5) is 0 Å². The van der Waals surface area contributed by atoms with E-state index in [0.29, 0.717) is 23.5 Å². The van der Waals surface area contributed by atoms with Crippen molar-refractivity contribution in [1.29, 1.82) is 0 Å². The Labute approximate surface area is 152 Å². The van der Waals surface area contributed by atoms with Crippen LogP contribution in [0.15, 0.2) is 0 Å². The molecule has 0 aromatic heterocycles. The van der Waals surface area contributed by atoms with Crippen LogP contribution >= 0.6 is 0 Å². The average molecular weight is 347 g/mol. The van der Waals surface area contributed by atoms with Gasteiger partial charge in [-0.25, -0.2) is 0 Å². The summed E-state index contributed by atoms with van der Waals surface area (Å²) in [6.45, 7) is 9.08. The second-order valence-electron chi connectivity index (χ2n) is 10.4. The maximum absolute atomic E-state index is 11.6. The van der Waals surface area contributed by atoms with E-state index in [1.165, 1.54) is 38.5 Å². The number of ether oxygens (including phenoxy) is 2. The van der Waals surface area contributed by atoms with Gasteiger partial charge in [0.25, 0.3) is 0 Å². The van der Waals surface area contributed by atoms with Gasteiger partial charge in [0.2, 0.25) is 0 Å². The van der Waals surface area contributed by atoms with Gasteiger partial charge in [-0.3, -0.25) is 4.79 Å². The first-order chi connectivity index (χ1) is 11.9. The molecule has 0 spiro atoms. The quantitative estimate of drug-likeness (QED) is 0.515. The summed E-state index contributed by atoms with van der Waals surface area (Å²) in [5, 5.41) is 0. The third kappa shape index (κ3) is 2.11. The minimum Gasteiger partial charge on any atom is -0.462 e. The molecule has 10 unspecified atom stereocenters. The van der Waals surface area contributed by atoms with Crippen LogP contribution in [0.25, 0.3) is 0 Å². The van der Waals surface area contributed by atoms with Gasteiger partial charge in [0.1, 0.15) is 6.10 Å². The van der Waals surface area contributed by atoms with E-state index in [-0.39, 0.29) is 17.5 Å². The molecule has 5 fully saturated rings. The fourth-order valence-electron chi connectivity index (χ4n) is 8.32. The van der Waals surface area contributed by atoms with Crippen LogP contribution in [0.1, 0.15) is 72.6 Å². The number of carbonyl (C=O) groups excluding carboxylic acids is 1. The normalized spacial score (nSPS) is 59.2. The number of hydrogen-bond acceptors (Lipinski definition) is 3. The summed E-state index contributed by atoms with van der Waals surface area (Å²) in [6, 6.07) is 0. The Balaban J connectivity index is 1.44. The third-order valence-electron chi connectivity index (χ3n) is 9.80. The lowest BCUT2D eigenvalue weighted by atomic mass is 9.43. The molecule has 3 nitrogen and oxygen atoms in total. The predicted molar refractivity (Wildman–Crippen MR) is 95.9 cm³/mol. The number of hydrogen-bond donors (Lipinski definition) is 0. The zero-order valence-corrected chi connectivity index (χ0v) is 16.3. The van der Waals surface area contributed by atoms with Crippen molar-refractivity contribution in [3.05, 3.63) is 0 Å². The fourth-order valence-corrected chi connectivity index (χ4v) is 8.32. The van der Waals surface area contributed by atoms with Crippen molar-refractivity contribution >= 4 is 5.97 Å². The highest BCUT2D eigenvalue weighted by Gasteiger charge is 2.66. The van der Waals surface area contributed by atoms with E-state index in [1.807, 2.05) is 0 Å². The third-order valence-corrected chi connectivity index (χ3v) is 9.80. The Morgan fingerprint density at radius 3 is 2.64 bits per heavy atom. The molecule has 0 N–H and O–H groups in total. The second-order valence-corrected chi connectivity index (χ2v) is 10.4. The molecule has 1 saturated heterocycles. The summed E-state index contributed by atoms with van der Waals surface area (Å²) in [7, 11) is 0. The first-order valence-corrected chi connectivity index (χ1v) is 10.7. The maximum atomic E-state index is 11.6. The second kappa shape index (κ2) is 5.24. The van der Waals surface area contributed by atoms with Crippen LogP contribution in [0.3, 0.4) is 0 Å². The highest BCUT2D eigenvalue weighted by atomic mass is 16.6. The highest BCUT2D eigenvalue weighted by molar-refractivity contribution is 5.66. The number of carbonyl (C=O) groups is 1. The number of epoxide rings is 1. The van der Waals surface area contributed by atoms with Crippen molar-refractivity contribution in [2.45, 2.75) is 91.0 Å². The molecule has 0 bridgehead atoms. The topological polar surface area (TPSA) is 38.8 Å². The Bertz CT molecular complexity index is 588. The molecule has 5 rings (SSSR count). The molecule has 140 valence electrons. The van der Waals surface area contributed by atoms with E-state index in [1.54, 1.807) is 6.92 Å². The summed E-state index contributed by atoms with van der Waals surface area (Å²) < 4.78 is 11.8. The van der Waals surface area contributed by atoms with Crippen LogP contribution in [0.5, 0.6) is 0 Å². The van der Waals surface area contributed by atoms with Crippen molar-refractivity contribution in [2.75, 3.05) is 0 Å². The molecule has 4 saturated carbocycles. The summed E-state index contributed by atoms with van der Waals surface area (Å²) in [6.07, 6.45) is 10.3. The van der Waals surface area contributed by atoms with Crippen LogP contribution in [-0.4, -0.2) is 24.3 Å². The summed E-state index contributed by atoms with van der Waals surface area (Å²) in [4.78, 5) is 11.6. The standard InChI is InChI=1S/C22H34O3/c1-12-20-18(25-20)11-14-5-6-15-16-7-8-19(24-13(2)23)21(16,3)10-9-17(15)22(12,14)4/h12,14-20H,5-11H2,1-4H3. The van der Waals surface area contributed by atoms with Crippen LogP contribution in [0, 0.1) is 40.4 Å². The molecule has 5 aliphatic rings. The summed E-state index contributed by atoms with van der Waals surface area (Å²) in [5.74, 6) is 3.90. The van der Waals surface area contributed by atoms with E-state index in [4.69, 9.17) is 9.47 Å². The van der Waals surface area contributed by atoms with E-state index < -0.39 is 0 Å². The van der Waals surface area contributed by atoms with E-state index in [2.05, 4.69) is 20.8 Å². The van der Waals surface area contributed by atoms with Gasteiger partial charge in [-0.05, 0) is 80.0 Å². The Morgan fingerprint density at radius 2 is 1.88 bits per heavy atom. The molecular formula is C22H34O3. The van der Waals surface area contributed by atoms with E-state index in [9.17, 15) is 4.79 Å². The molecule has 1 heterocycles. The molecule has 25 heavy (non-hydrogen) atoms. The van der Waals surface area contributed by atoms with Gasteiger partial charge < -0.3 is 9.47 Å². The van der Waals surface area contributed by atoms with Crippen molar-refractivity contribution in [3.63, 3.8) is 0 Å². The maximum Gasteiger partial charge on any atom is 0.302 e. The number of rotatable bonds is 1. The Kier molecular flexibility index (Phi) is 3.48. The van der Waals surface area contributed by atoms with Crippen molar-refractivity contribution in [1.82, 2.24) is 0 Å². The lowest BCUT2D eigenvalue weighted by Gasteiger charge is -2.61. The first-order valence-electron chi connectivity index (χ1n) is 10.7. The largest absolute Gasteiger partial charge is 0.462 e. The molecule has 0 aromatic carbocycles. The van der Waals surface area contributed by atoms with Crippen molar-refractivity contribution in [3.8, 4) is 0 Å². The SMILES string of the molecule is CC(=O)OC1CCC2C3CCC4CC5OC5C(C)C4(C)C3CCC12C. The van der Waals surface area contributed by atoms with Gasteiger partial charge in [0, 0.05) is 12.3 Å². The zero-order chi connectivity index (χ0) is 17.6. The Morgan fingerprint density at radius 1 is 1.08 bits per heavy atom. The smallest absolute Gasteiger partial charge is 0.302 e. The molecule has 3 heteroatoms. The molecule has 0 amide bonds. The molecule has 0 aromatic rings. The molecule has 1 aliphatic heterocycles. The molecular weight excluding hydrogens is 312 g/mol. The van der Waals surface area contributed by atoms with Gasteiger partial charge in [0.05, 0.1) is 12.2 Å². The average Bonchev–Trinajstić information content (AvgIpc) is 3.26. The van der Waals surface area contributed by atoms with Gasteiger partial charge in [-0.1, -0.05) is 20.8 Å². The molecule has 4 aliphatic carbocycles. The van der Waals surface area contributed by atoms with Crippen LogP contribution in [-0.2, 0) is 14.3 Å². The predicted octanol–water partition coefficient (Wildman–Crippen LogP) is 4.58. The fraction of sp³-hybridized carbons (Fsp3) is 0.955. The van der Waals surface area contributed by atoms with E-state index >= 15 is 0 Å². The number of fused-ring (bicyclic) bond motifs is 6. The lowest BCUT2D eigenvalue weighted by molar-refractivity contribution is -0.164. The van der Waals surface area contributed by atoms with Gasteiger partial charge >= 0.3 is 5.97 Å².